The Morgan fingerprint density at radius 3 is 2.95 bits per heavy atom. The number of rotatable bonds is 3. The smallest absolute Gasteiger partial charge is 0.121 e. The van der Waals surface area contributed by atoms with Crippen molar-refractivity contribution in [2.45, 2.75) is 10.9 Å². The molecular weight excluding hydrogens is 278 g/mol. The molecule has 2 aromatic rings. The molecule has 0 saturated heterocycles. The van der Waals surface area contributed by atoms with E-state index in [4.69, 9.17) is 16.3 Å². The normalized spacial score (nSPS) is 17.1. The molecule has 0 aromatic heterocycles. The summed E-state index contributed by atoms with van der Waals surface area (Å²) in [6, 6.07) is 14.4. The lowest BCUT2D eigenvalue weighted by atomic mass is 10.1. The van der Waals surface area contributed by atoms with Crippen LogP contribution in [0.2, 0.25) is 5.02 Å². The Hall–Kier alpha value is -1.32. The van der Waals surface area contributed by atoms with E-state index in [1.165, 1.54) is 10.5 Å². The largest absolute Gasteiger partial charge is 0.497 e. The van der Waals surface area contributed by atoms with Crippen LogP contribution in [0, 0.1) is 0 Å². The van der Waals surface area contributed by atoms with Crippen molar-refractivity contribution >= 4 is 29.1 Å². The zero-order chi connectivity index (χ0) is 13.2. The molecule has 0 saturated carbocycles. The molecule has 0 fully saturated rings. The van der Waals surface area contributed by atoms with E-state index in [-0.39, 0.29) is 0 Å². The Morgan fingerprint density at radius 1 is 1.26 bits per heavy atom. The molecule has 0 bridgehead atoms. The van der Waals surface area contributed by atoms with Gasteiger partial charge in [0, 0.05) is 16.7 Å². The van der Waals surface area contributed by atoms with Gasteiger partial charge in [0.1, 0.15) is 5.75 Å². The molecule has 2 nitrogen and oxygen atoms in total. The fraction of sp³-hybridized carbons (Fsp3) is 0.200. The van der Waals surface area contributed by atoms with Crippen molar-refractivity contribution in [3.8, 4) is 5.75 Å². The number of hydrogen-bond donors (Lipinski definition) is 1. The van der Waals surface area contributed by atoms with Gasteiger partial charge in [-0.2, -0.15) is 0 Å². The first-order valence-electron chi connectivity index (χ1n) is 6.10. The molecule has 1 aliphatic heterocycles. The van der Waals surface area contributed by atoms with Gasteiger partial charge < -0.3 is 10.1 Å². The summed E-state index contributed by atoms with van der Waals surface area (Å²) in [4.78, 5) is 1.35. The molecule has 1 N–H and O–H groups in total. The van der Waals surface area contributed by atoms with Crippen LogP contribution in [0.4, 0.5) is 5.69 Å². The quantitative estimate of drug-likeness (QED) is 0.892. The summed E-state index contributed by atoms with van der Waals surface area (Å²) in [5, 5.41) is 4.23. The van der Waals surface area contributed by atoms with Gasteiger partial charge in [0.25, 0.3) is 0 Å². The van der Waals surface area contributed by atoms with Crippen LogP contribution in [0.3, 0.4) is 0 Å². The molecule has 1 atom stereocenters. The van der Waals surface area contributed by atoms with Crippen LogP contribution in [0.15, 0.2) is 47.4 Å². The topological polar surface area (TPSA) is 21.3 Å². The number of benzene rings is 2. The van der Waals surface area contributed by atoms with Crippen LogP contribution in [-0.2, 0) is 0 Å². The summed E-state index contributed by atoms with van der Waals surface area (Å²) in [6.45, 7) is 0. The second-order valence-corrected chi connectivity index (χ2v) is 5.86. The van der Waals surface area contributed by atoms with E-state index in [2.05, 4.69) is 29.6 Å². The first-order valence-corrected chi connectivity index (χ1v) is 7.46. The fourth-order valence-electron chi connectivity index (χ4n) is 2.21. The van der Waals surface area contributed by atoms with Gasteiger partial charge in [0.05, 0.1) is 23.9 Å². The van der Waals surface area contributed by atoms with Crippen LogP contribution < -0.4 is 10.1 Å². The molecule has 0 radical (unpaired) electrons. The number of fused-ring (bicyclic) bond motifs is 1. The second-order valence-electron chi connectivity index (χ2n) is 4.39. The average molecular weight is 292 g/mol. The average Bonchev–Trinajstić information content (AvgIpc) is 2.85. The van der Waals surface area contributed by atoms with Gasteiger partial charge in [-0.25, -0.2) is 0 Å². The van der Waals surface area contributed by atoms with Crippen molar-refractivity contribution in [3.05, 3.63) is 53.1 Å². The predicted molar refractivity (Wildman–Crippen MR) is 81.5 cm³/mol. The SMILES string of the molecule is COc1ccc(Cl)c(NC2CSc3ccccc32)c1. The number of nitrogens with one attached hydrogen (secondary N) is 1. The van der Waals surface area contributed by atoms with Crippen molar-refractivity contribution < 1.29 is 4.74 Å². The van der Waals surface area contributed by atoms with Crippen molar-refractivity contribution in [3.63, 3.8) is 0 Å². The zero-order valence-corrected chi connectivity index (χ0v) is 12.1. The van der Waals surface area contributed by atoms with Crippen LogP contribution in [0.1, 0.15) is 11.6 Å². The summed E-state index contributed by atoms with van der Waals surface area (Å²) in [5.41, 5.74) is 2.26. The van der Waals surface area contributed by atoms with Crippen molar-refractivity contribution in [2.75, 3.05) is 18.2 Å². The summed E-state index contributed by atoms with van der Waals surface area (Å²) in [5.74, 6) is 1.83. The molecule has 3 rings (SSSR count). The van der Waals surface area contributed by atoms with Crippen LogP contribution in [0.25, 0.3) is 0 Å². The minimum atomic E-state index is 0.297. The van der Waals surface area contributed by atoms with Gasteiger partial charge in [-0.05, 0) is 23.8 Å². The van der Waals surface area contributed by atoms with E-state index >= 15 is 0 Å². The Kier molecular flexibility index (Phi) is 3.58. The van der Waals surface area contributed by atoms with Gasteiger partial charge in [0.2, 0.25) is 0 Å². The highest BCUT2D eigenvalue weighted by Crippen LogP contribution is 2.40. The number of thioether (sulfide) groups is 1. The summed E-state index contributed by atoms with van der Waals surface area (Å²) >= 11 is 8.11. The third-order valence-electron chi connectivity index (χ3n) is 3.20. The molecular formula is C15H14ClNOS. The zero-order valence-electron chi connectivity index (χ0n) is 10.5. The lowest BCUT2D eigenvalue weighted by Gasteiger charge is -2.16. The number of methoxy groups -OCH3 is 1. The van der Waals surface area contributed by atoms with Crippen LogP contribution in [-0.4, -0.2) is 12.9 Å². The summed E-state index contributed by atoms with van der Waals surface area (Å²) < 4.78 is 5.24. The van der Waals surface area contributed by atoms with Gasteiger partial charge in [-0.1, -0.05) is 29.8 Å². The molecule has 2 aromatic carbocycles. The Balaban J connectivity index is 1.87. The maximum absolute atomic E-state index is 6.23. The molecule has 0 amide bonds. The van der Waals surface area contributed by atoms with E-state index in [1.54, 1.807) is 7.11 Å². The van der Waals surface area contributed by atoms with Gasteiger partial charge in [-0.15, -0.1) is 11.8 Å². The van der Waals surface area contributed by atoms with E-state index in [0.29, 0.717) is 6.04 Å². The lowest BCUT2D eigenvalue weighted by Crippen LogP contribution is -2.10. The Bertz CT molecular complexity index is 602. The number of hydrogen-bond acceptors (Lipinski definition) is 3. The highest BCUT2D eigenvalue weighted by atomic mass is 35.5. The highest BCUT2D eigenvalue weighted by Gasteiger charge is 2.23. The summed E-state index contributed by atoms with van der Waals surface area (Å²) in [7, 11) is 1.66. The van der Waals surface area contributed by atoms with Crippen LogP contribution in [0.5, 0.6) is 5.75 Å². The second kappa shape index (κ2) is 5.35. The fourth-order valence-corrected chi connectivity index (χ4v) is 3.54. The minimum absolute atomic E-state index is 0.297. The van der Waals surface area contributed by atoms with E-state index in [1.807, 2.05) is 30.0 Å². The molecule has 0 aliphatic carbocycles. The lowest BCUT2D eigenvalue weighted by molar-refractivity contribution is 0.415. The van der Waals surface area contributed by atoms with E-state index in [9.17, 15) is 0 Å². The Morgan fingerprint density at radius 2 is 2.11 bits per heavy atom. The van der Waals surface area contributed by atoms with Crippen molar-refractivity contribution in [1.29, 1.82) is 0 Å². The molecule has 1 unspecified atom stereocenters. The van der Waals surface area contributed by atoms with E-state index < -0.39 is 0 Å². The maximum Gasteiger partial charge on any atom is 0.121 e. The molecule has 19 heavy (non-hydrogen) atoms. The third-order valence-corrected chi connectivity index (χ3v) is 4.72. The van der Waals surface area contributed by atoms with Crippen LogP contribution >= 0.6 is 23.4 Å². The number of ether oxygens (including phenoxy) is 1. The third kappa shape index (κ3) is 2.53. The van der Waals surface area contributed by atoms with Gasteiger partial charge in [-0.3, -0.25) is 0 Å². The van der Waals surface area contributed by atoms with Gasteiger partial charge >= 0.3 is 0 Å². The van der Waals surface area contributed by atoms with Crippen molar-refractivity contribution in [1.82, 2.24) is 0 Å². The molecule has 1 aliphatic rings. The van der Waals surface area contributed by atoms with Crippen molar-refractivity contribution in [2.24, 2.45) is 0 Å². The summed E-state index contributed by atoms with van der Waals surface area (Å²) in [6.07, 6.45) is 0. The standard InChI is InChI=1S/C15H14ClNOS/c1-18-10-6-7-12(16)13(8-10)17-14-9-19-15-5-3-2-4-11(14)15/h2-8,14,17H,9H2,1H3. The predicted octanol–water partition coefficient (Wildman–Crippen LogP) is 4.61. The maximum atomic E-state index is 6.23. The highest BCUT2D eigenvalue weighted by molar-refractivity contribution is 7.99. The number of anilines is 1. The van der Waals surface area contributed by atoms with E-state index in [0.717, 1.165) is 22.2 Å². The first-order chi connectivity index (χ1) is 9.28. The molecule has 4 heteroatoms. The number of halogens is 1. The Labute approximate surface area is 122 Å². The monoisotopic (exact) mass is 291 g/mol. The first kappa shape index (κ1) is 12.7. The molecule has 0 spiro atoms. The van der Waals surface area contributed by atoms with Gasteiger partial charge in [0.15, 0.2) is 0 Å². The molecule has 1 heterocycles. The minimum Gasteiger partial charge on any atom is -0.497 e. The molecule has 98 valence electrons.